The van der Waals surface area contributed by atoms with Crippen molar-refractivity contribution >= 4 is 101 Å². The zero-order valence-electron chi connectivity index (χ0n) is 41.2. The average molecular weight is 1230 g/mol. The van der Waals surface area contributed by atoms with Gasteiger partial charge >= 0.3 is 71.1 Å². The third kappa shape index (κ3) is 12.9. The molecule has 2 unspecified atom stereocenters. The summed E-state index contributed by atoms with van der Waals surface area (Å²) in [5.74, 6) is -24.1. The van der Waals surface area contributed by atoms with Gasteiger partial charge in [-0.1, -0.05) is 72.8 Å². The van der Waals surface area contributed by atoms with Crippen molar-refractivity contribution in [2.75, 3.05) is 11.5 Å². The zero-order chi connectivity index (χ0) is 56.0. The average Bonchev–Trinajstić information content (AvgIpc) is 4.11. The molecule has 79 heavy (non-hydrogen) atoms. The Balaban J connectivity index is 0.000000210. The SMILES string of the molecule is Cn1c2c(c3ccccc31)C(SCCC(=O)O)Sc1ccccc1-2.Cn1c2c(c3ccccc31)C(SCCC(=O)Oc1c(F)c(F)c(S(=O)(=O)[O-])c(F)c1F)Sc1ccccc1-2.O=S(=O)([O-])c1c(F)c(F)c(O)c(F)c1F.[Na+].[Na+]. The Morgan fingerprint density at radius 3 is 1.32 bits per heavy atom. The Bertz CT molecular complexity index is 3890. The summed E-state index contributed by atoms with van der Waals surface area (Å²) in [7, 11) is -7.50. The molecule has 8 aromatic rings. The molecule has 0 amide bonds. The summed E-state index contributed by atoms with van der Waals surface area (Å²) in [6, 6.07) is 32.7. The molecule has 0 saturated heterocycles. The quantitative estimate of drug-likeness (QED) is 0.0372. The largest absolute Gasteiger partial charge is 1.00 e. The Morgan fingerprint density at radius 2 is 0.924 bits per heavy atom. The van der Waals surface area contributed by atoms with Crippen LogP contribution in [0.5, 0.6) is 11.5 Å². The number of carbonyl (C=O) groups excluding carboxylic acids is 1. The van der Waals surface area contributed by atoms with E-state index in [0.717, 1.165) is 32.6 Å². The second kappa shape index (κ2) is 25.9. The predicted molar refractivity (Wildman–Crippen MR) is 271 cm³/mol. The third-order valence-corrected chi connectivity index (χ3v) is 19.0. The molecule has 4 heterocycles. The molecule has 6 aromatic carbocycles. The van der Waals surface area contributed by atoms with Gasteiger partial charge in [0.15, 0.2) is 29.0 Å². The number of thioether (sulfide) groups is 4. The summed E-state index contributed by atoms with van der Waals surface area (Å²) in [6.07, 6.45) is -0.184. The molecule has 13 nitrogen and oxygen atoms in total. The van der Waals surface area contributed by atoms with E-state index in [4.69, 9.17) is 10.2 Å². The van der Waals surface area contributed by atoms with Gasteiger partial charge in [0.25, 0.3) is 0 Å². The number of aromatic nitrogens is 2. The number of fused-ring (bicyclic) bond motifs is 10. The van der Waals surface area contributed by atoms with Gasteiger partial charge in [0.05, 0.1) is 33.4 Å². The first-order valence-corrected chi connectivity index (χ1v) is 28.7. The summed E-state index contributed by atoms with van der Waals surface area (Å²) >= 11 is 6.54. The Hall–Kier alpha value is -4.20. The number of para-hydroxylation sites is 2. The number of rotatable bonds is 11. The standard InChI is InChI=1S/C25H17F4NO5S3.C19H17NO2S2.C6H2F4O4S.2Na/c1-30-14-8-4-2-6-12(14)17-22(30)13-7-3-5-9-15(13)37-25(17)36-11-10-16(31)35-23-18(26)20(28)24(38(32,33)34)21(29)19(23)27;1-20-14-8-4-2-6-12(14)17-18(20)13-7-3-5-9-15(13)24-19(17)23-11-10-16(21)22;7-1-3(9)6(15(12,13)14)4(10)2(8)5(1)11;;/h2-9,25H,10-11H2,1H3,(H,32,33,34);2-9,19H,10-11H2,1H3,(H,21,22);11H,(H,12,13,14);;/q;;;2*+1/p-2. The number of hydrogen-bond donors (Lipinski definition) is 2. The topological polar surface area (TPSA) is 208 Å². The van der Waals surface area contributed by atoms with Crippen molar-refractivity contribution in [1.29, 1.82) is 0 Å². The van der Waals surface area contributed by atoms with Crippen molar-refractivity contribution in [1.82, 2.24) is 9.13 Å². The number of halogens is 8. The molecule has 0 aliphatic carbocycles. The maximum absolute atomic E-state index is 14.2. The first kappa shape index (κ1) is 64.0. The van der Waals surface area contributed by atoms with E-state index in [0.29, 0.717) is 5.75 Å². The number of hydrogen-bond acceptors (Lipinski definition) is 14. The van der Waals surface area contributed by atoms with Crippen LogP contribution in [0.1, 0.15) is 33.1 Å². The molecule has 404 valence electrons. The van der Waals surface area contributed by atoms with Crippen LogP contribution in [0.15, 0.2) is 117 Å². The molecule has 2 N–H and O–H groups in total. The number of aryl methyl sites for hydroxylation is 2. The van der Waals surface area contributed by atoms with Crippen LogP contribution in [0.4, 0.5) is 35.1 Å². The number of carboxylic acid groups (broad SMARTS) is 1. The molecule has 0 bridgehead atoms. The van der Waals surface area contributed by atoms with E-state index in [1.54, 1.807) is 23.5 Å². The molecule has 10 rings (SSSR count). The van der Waals surface area contributed by atoms with Gasteiger partial charge in [0.2, 0.25) is 29.0 Å². The number of nitrogens with zero attached hydrogens (tertiary/aromatic N) is 2. The molecule has 2 aliphatic heterocycles. The van der Waals surface area contributed by atoms with E-state index in [1.807, 2.05) is 67.3 Å². The van der Waals surface area contributed by atoms with E-state index >= 15 is 0 Å². The van der Waals surface area contributed by atoms with Gasteiger partial charge in [-0.05, 0) is 24.3 Å². The van der Waals surface area contributed by atoms with Crippen molar-refractivity contribution in [3.8, 4) is 34.0 Å². The zero-order valence-corrected chi connectivity index (χ0v) is 50.1. The molecular formula is C50H34F8N2Na2O11S6. The first-order chi connectivity index (χ1) is 36.3. The molecule has 29 heteroatoms. The van der Waals surface area contributed by atoms with Gasteiger partial charge in [-0.2, -0.15) is 17.6 Å². The van der Waals surface area contributed by atoms with E-state index in [1.165, 1.54) is 44.4 Å². The third-order valence-electron chi connectivity index (χ3n) is 11.8. The van der Waals surface area contributed by atoms with Crippen molar-refractivity contribution < 1.29 is 145 Å². The van der Waals surface area contributed by atoms with E-state index in [2.05, 4.69) is 69.4 Å². The first-order valence-electron chi connectivity index (χ1n) is 22.0. The second-order valence-electron chi connectivity index (χ2n) is 16.4. The van der Waals surface area contributed by atoms with E-state index in [-0.39, 0.29) is 86.9 Å². The summed E-state index contributed by atoms with van der Waals surface area (Å²) in [6.45, 7) is 0. The molecule has 0 fully saturated rings. The van der Waals surface area contributed by atoms with Crippen molar-refractivity contribution in [3.63, 3.8) is 0 Å². The molecule has 2 aliphatic rings. The van der Waals surface area contributed by atoms with Crippen molar-refractivity contribution in [3.05, 3.63) is 155 Å². The molecule has 0 spiro atoms. The van der Waals surface area contributed by atoms with E-state index in [9.17, 15) is 70.7 Å². The van der Waals surface area contributed by atoms with Gasteiger partial charge in [-0.3, -0.25) is 9.59 Å². The fourth-order valence-electron chi connectivity index (χ4n) is 8.47. The molecule has 0 saturated carbocycles. The minimum absolute atomic E-state index is 0. The van der Waals surface area contributed by atoms with Crippen LogP contribution in [0.2, 0.25) is 0 Å². The molecular weight excluding hydrogens is 1190 g/mol. The minimum atomic E-state index is -5.87. The summed E-state index contributed by atoms with van der Waals surface area (Å²) in [5.41, 5.74) is 9.27. The number of benzene rings is 6. The summed E-state index contributed by atoms with van der Waals surface area (Å²) < 4.78 is 179. The normalized spacial score (nSPS) is 14.2. The van der Waals surface area contributed by atoms with Crippen LogP contribution >= 0.6 is 47.0 Å². The fourth-order valence-corrected chi connectivity index (χ4v) is 15.3. The Kier molecular flexibility index (Phi) is 21.0. The minimum Gasteiger partial charge on any atom is -0.744 e. The summed E-state index contributed by atoms with van der Waals surface area (Å²) in [4.78, 5) is 20.9. The monoisotopic (exact) mass is 1230 g/mol. The van der Waals surface area contributed by atoms with Crippen molar-refractivity contribution in [2.24, 2.45) is 14.1 Å². The fraction of sp³-hybridized carbons (Fsp3) is 0.160. The van der Waals surface area contributed by atoms with Gasteiger partial charge in [-0.25, -0.2) is 34.4 Å². The Morgan fingerprint density at radius 1 is 0.570 bits per heavy atom. The number of ether oxygens (including phenoxy) is 1. The van der Waals surface area contributed by atoms with Crippen LogP contribution < -0.4 is 63.9 Å². The number of esters is 1. The molecule has 2 atom stereocenters. The van der Waals surface area contributed by atoms with Crippen LogP contribution in [-0.4, -0.2) is 68.7 Å². The second-order valence-corrected chi connectivity index (χ2v) is 24.4. The van der Waals surface area contributed by atoms with E-state index < -0.39 is 100 Å². The molecule has 2 aromatic heterocycles. The number of aliphatic carboxylic acids is 1. The Labute approximate surface area is 505 Å². The summed E-state index contributed by atoms with van der Waals surface area (Å²) in [5, 5.41) is 19.7. The predicted octanol–water partition coefficient (Wildman–Crippen LogP) is 6.16. The van der Waals surface area contributed by atoms with Crippen LogP contribution in [0.3, 0.4) is 0 Å². The number of carbonyl (C=O) groups is 2. The van der Waals surface area contributed by atoms with Gasteiger partial charge < -0.3 is 33.2 Å². The maximum atomic E-state index is 14.2. The number of phenolic OH excluding ortho intramolecular Hbond substituents is 1. The van der Waals surface area contributed by atoms with Gasteiger partial charge in [0.1, 0.15) is 30.0 Å². The van der Waals surface area contributed by atoms with Gasteiger partial charge in [-0.15, -0.1) is 47.0 Å². The smallest absolute Gasteiger partial charge is 0.744 e. The number of carboxylic acids is 1. The maximum Gasteiger partial charge on any atom is 1.00 e. The van der Waals surface area contributed by atoms with Crippen molar-refractivity contribution in [2.45, 2.75) is 41.6 Å². The number of aromatic hydroxyl groups is 1. The van der Waals surface area contributed by atoms with Crippen LogP contribution in [0.25, 0.3) is 44.3 Å². The molecule has 0 radical (unpaired) electrons. The number of phenols is 1. The van der Waals surface area contributed by atoms with Crippen LogP contribution in [0, 0.1) is 46.5 Å². The van der Waals surface area contributed by atoms with Gasteiger partial charge in [0, 0.05) is 79.5 Å². The van der Waals surface area contributed by atoms with Crippen LogP contribution in [-0.2, 0) is 43.9 Å².